The van der Waals surface area contributed by atoms with E-state index in [1.54, 1.807) is 6.07 Å². The number of carbonyl (C=O) groups is 1. The normalized spacial score (nSPS) is 11.6. The highest BCUT2D eigenvalue weighted by Gasteiger charge is 2.14. The van der Waals surface area contributed by atoms with Crippen LogP contribution in [0.1, 0.15) is 11.7 Å². The van der Waals surface area contributed by atoms with Crippen molar-refractivity contribution in [2.75, 3.05) is 11.9 Å². The third-order valence-electron chi connectivity index (χ3n) is 3.04. The van der Waals surface area contributed by atoms with Crippen LogP contribution in [0.5, 0.6) is 0 Å². The molecule has 0 aliphatic rings. The fourth-order valence-electron chi connectivity index (χ4n) is 1.92. The molecule has 0 bridgehead atoms. The number of rotatable bonds is 5. The van der Waals surface area contributed by atoms with Gasteiger partial charge in [0.2, 0.25) is 0 Å². The van der Waals surface area contributed by atoms with Gasteiger partial charge in [-0.05, 0) is 12.1 Å². The van der Waals surface area contributed by atoms with Gasteiger partial charge in [0.15, 0.2) is 0 Å². The number of carbonyl (C=O) groups excluding carboxylic acids is 1. The first kappa shape index (κ1) is 16.4. The van der Waals surface area contributed by atoms with Gasteiger partial charge >= 0.3 is 6.03 Å². The standard InChI is InChI=1S/C15H14FN3O4/c16-13-7-2-1-6-12(13)14(20)9-17-15(21)18-10-4-3-5-11(8-10)19(22)23/h1-8,14,20H,9H2,(H2,17,18,21)/t14-/m1/s1. The second-order valence-electron chi connectivity index (χ2n) is 4.68. The molecule has 0 unspecified atom stereocenters. The number of aliphatic hydroxyl groups is 1. The maximum Gasteiger partial charge on any atom is 0.319 e. The first-order chi connectivity index (χ1) is 11.0. The van der Waals surface area contributed by atoms with E-state index >= 15 is 0 Å². The second kappa shape index (κ2) is 7.32. The van der Waals surface area contributed by atoms with Crippen molar-refractivity contribution in [3.8, 4) is 0 Å². The first-order valence-corrected chi connectivity index (χ1v) is 6.69. The fraction of sp³-hybridized carbons (Fsp3) is 0.133. The molecule has 0 radical (unpaired) electrons. The molecule has 2 amide bonds. The van der Waals surface area contributed by atoms with E-state index in [1.807, 2.05) is 0 Å². The minimum atomic E-state index is -1.20. The van der Waals surface area contributed by atoms with E-state index in [-0.39, 0.29) is 23.5 Å². The zero-order valence-corrected chi connectivity index (χ0v) is 11.9. The van der Waals surface area contributed by atoms with Crippen LogP contribution >= 0.6 is 0 Å². The molecule has 120 valence electrons. The topological polar surface area (TPSA) is 104 Å². The maximum atomic E-state index is 13.5. The van der Waals surface area contributed by atoms with Crippen molar-refractivity contribution < 1.29 is 19.2 Å². The predicted octanol–water partition coefficient (Wildman–Crippen LogP) is 2.59. The summed E-state index contributed by atoms with van der Waals surface area (Å²) >= 11 is 0. The smallest absolute Gasteiger partial charge is 0.319 e. The van der Waals surface area contributed by atoms with Crippen molar-refractivity contribution in [2.45, 2.75) is 6.10 Å². The Morgan fingerprint density at radius 1 is 1.26 bits per heavy atom. The predicted molar refractivity (Wildman–Crippen MR) is 81.5 cm³/mol. The minimum absolute atomic E-state index is 0.0724. The Hall–Kier alpha value is -3.00. The van der Waals surface area contributed by atoms with Gasteiger partial charge in [-0.25, -0.2) is 9.18 Å². The molecule has 0 aliphatic carbocycles. The van der Waals surface area contributed by atoms with Crippen LogP contribution in [-0.4, -0.2) is 22.6 Å². The number of non-ortho nitro benzene ring substituents is 1. The van der Waals surface area contributed by atoms with Gasteiger partial charge < -0.3 is 15.7 Å². The summed E-state index contributed by atoms with van der Waals surface area (Å²) in [5.41, 5.74) is 0.148. The fourth-order valence-corrected chi connectivity index (χ4v) is 1.92. The molecule has 2 aromatic carbocycles. The van der Waals surface area contributed by atoms with Gasteiger partial charge in [-0.3, -0.25) is 10.1 Å². The molecule has 1 atom stereocenters. The van der Waals surface area contributed by atoms with Crippen LogP contribution in [0, 0.1) is 15.9 Å². The molecule has 2 rings (SSSR count). The number of benzene rings is 2. The van der Waals surface area contributed by atoms with Crippen LogP contribution in [0.15, 0.2) is 48.5 Å². The van der Waals surface area contributed by atoms with Gasteiger partial charge in [0.05, 0.1) is 11.0 Å². The van der Waals surface area contributed by atoms with Gasteiger partial charge in [0, 0.05) is 29.9 Å². The summed E-state index contributed by atoms with van der Waals surface area (Å²) in [6, 6.07) is 10.4. The van der Waals surface area contributed by atoms with Crippen LogP contribution in [-0.2, 0) is 0 Å². The number of nitro benzene ring substituents is 1. The third-order valence-corrected chi connectivity index (χ3v) is 3.04. The van der Waals surface area contributed by atoms with Crippen LogP contribution in [0.25, 0.3) is 0 Å². The average molecular weight is 319 g/mol. The van der Waals surface area contributed by atoms with E-state index in [0.717, 1.165) is 0 Å². The molecule has 0 aromatic heterocycles. The van der Waals surface area contributed by atoms with E-state index < -0.39 is 22.9 Å². The zero-order valence-electron chi connectivity index (χ0n) is 11.9. The van der Waals surface area contributed by atoms with Gasteiger partial charge in [-0.1, -0.05) is 24.3 Å². The van der Waals surface area contributed by atoms with Crippen molar-refractivity contribution in [2.24, 2.45) is 0 Å². The molecule has 0 spiro atoms. The number of aliphatic hydroxyl groups excluding tert-OH is 1. The summed E-state index contributed by atoms with van der Waals surface area (Å²) < 4.78 is 13.5. The van der Waals surface area contributed by atoms with Crippen LogP contribution in [0.2, 0.25) is 0 Å². The van der Waals surface area contributed by atoms with Crippen molar-refractivity contribution in [1.29, 1.82) is 0 Å². The summed E-state index contributed by atoms with van der Waals surface area (Å²) in [5, 5.41) is 25.3. The molecule has 3 N–H and O–H groups in total. The van der Waals surface area contributed by atoms with Crippen molar-refractivity contribution in [1.82, 2.24) is 5.32 Å². The Morgan fingerprint density at radius 3 is 2.70 bits per heavy atom. The number of nitrogens with zero attached hydrogens (tertiary/aromatic N) is 1. The molecule has 2 aromatic rings. The lowest BCUT2D eigenvalue weighted by Crippen LogP contribution is -2.32. The molecular weight excluding hydrogens is 305 g/mol. The quantitative estimate of drug-likeness (QED) is 0.582. The molecular formula is C15H14FN3O4. The number of hydrogen-bond donors (Lipinski definition) is 3. The van der Waals surface area contributed by atoms with Gasteiger partial charge in [-0.15, -0.1) is 0 Å². The summed E-state index contributed by atoms with van der Waals surface area (Å²) in [4.78, 5) is 21.8. The molecule has 0 saturated heterocycles. The molecule has 0 aliphatic heterocycles. The number of anilines is 1. The second-order valence-corrected chi connectivity index (χ2v) is 4.68. The van der Waals surface area contributed by atoms with E-state index in [9.17, 15) is 24.4 Å². The van der Waals surface area contributed by atoms with E-state index in [4.69, 9.17) is 0 Å². The summed E-state index contributed by atoms with van der Waals surface area (Å²) in [6.07, 6.45) is -1.20. The molecule has 0 heterocycles. The molecule has 8 heteroatoms. The van der Waals surface area contributed by atoms with Crippen LogP contribution < -0.4 is 10.6 Å². The molecule has 0 fully saturated rings. The van der Waals surface area contributed by atoms with Gasteiger partial charge in [0.25, 0.3) is 5.69 Å². The van der Waals surface area contributed by atoms with Gasteiger partial charge in [-0.2, -0.15) is 0 Å². The molecule has 0 saturated carbocycles. The molecule has 23 heavy (non-hydrogen) atoms. The summed E-state index contributed by atoms with van der Waals surface area (Å²) in [5.74, 6) is -0.569. The highest BCUT2D eigenvalue weighted by atomic mass is 19.1. The third kappa shape index (κ3) is 4.48. The summed E-state index contributed by atoms with van der Waals surface area (Å²) in [6.45, 7) is -0.207. The highest BCUT2D eigenvalue weighted by Crippen LogP contribution is 2.17. The van der Waals surface area contributed by atoms with Gasteiger partial charge in [0.1, 0.15) is 5.82 Å². The Balaban J connectivity index is 1.91. The number of urea groups is 1. The Morgan fingerprint density at radius 2 is 2.00 bits per heavy atom. The number of hydrogen-bond acceptors (Lipinski definition) is 4. The summed E-state index contributed by atoms with van der Waals surface area (Å²) in [7, 11) is 0. The van der Waals surface area contributed by atoms with Crippen molar-refractivity contribution >= 4 is 17.4 Å². The Bertz CT molecular complexity index is 723. The lowest BCUT2D eigenvalue weighted by atomic mass is 10.1. The van der Waals surface area contributed by atoms with E-state index in [2.05, 4.69) is 10.6 Å². The Kier molecular flexibility index (Phi) is 5.21. The monoisotopic (exact) mass is 319 g/mol. The van der Waals surface area contributed by atoms with Crippen LogP contribution in [0.3, 0.4) is 0 Å². The SMILES string of the molecule is O=C(NC[C@@H](O)c1ccccc1F)Nc1cccc([N+](=O)[O-])c1. The minimum Gasteiger partial charge on any atom is -0.386 e. The number of halogens is 1. The van der Waals surface area contributed by atoms with Crippen molar-refractivity contribution in [3.63, 3.8) is 0 Å². The maximum absolute atomic E-state index is 13.5. The average Bonchev–Trinajstić information content (AvgIpc) is 2.53. The Labute approximate surface area is 130 Å². The molecule has 7 nitrogen and oxygen atoms in total. The lowest BCUT2D eigenvalue weighted by molar-refractivity contribution is -0.384. The largest absolute Gasteiger partial charge is 0.386 e. The highest BCUT2D eigenvalue weighted by molar-refractivity contribution is 5.89. The number of nitro groups is 1. The number of nitrogens with one attached hydrogen (secondary N) is 2. The lowest BCUT2D eigenvalue weighted by Gasteiger charge is -2.13. The number of amides is 2. The van der Waals surface area contributed by atoms with E-state index in [0.29, 0.717) is 0 Å². The van der Waals surface area contributed by atoms with Crippen LogP contribution in [0.4, 0.5) is 20.6 Å². The van der Waals surface area contributed by atoms with Crippen molar-refractivity contribution in [3.05, 3.63) is 70.0 Å². The first-order valence-electron chi connectivity index (χ1n) is 6.69. The zero-order chi connectivity index (χ0) is 16.8. The van der Waals surface area contributed by atoms with E-state index in [1.165, 1.54) is 42.5 Å².